The molecule has 0 spiro atoms. The molecule has 0 saturated heterocycles. The molecule has 3 aliphatic rings. The van der Waals surface area contributed by atoms with Crippen molar-refractivity contribution in [1.82, 2.24) is 15.6 Å². The molecule has 1 aliphatic carbocycles. The first-order valence-electron chi connectivity index (χ1n) is 13.1. The van der Waals surface area contributed by atoms with Crippen LogP contribution in [-0.2, 0) is 12.4 Å². The normalized spacial score (nSPS) is 23.2. The summed E-state index contributed by atoms with van der Waals surface area (Å²) in [5, 5.41) is 10.0. The summed E-state index contributed by atoms with van der Waals surface area (Å²) in [5.41, 5.74) is 0.605. The van der Waals surface area contributed by atoms with Crippen LogP contribution in [0.3, 0.4) is 0 Å². The Bertz CT molecular complexity index is 1350. The lowest BCUT2D eigenvalue weighted by atomic mass is 9.87. The Kier molecular flexibility index (Phi) is 7.76. The quantitative estimate of drug-likeness (QED) is 0.339. The molecule has 0 radical (unpaired) electrons. The molecule has 3 heterocycles. The van der Waals surface area contributed by atoms with Crippen molar-refractivity contribution in [1.29, 1.82) is 0 Å². The smallest absolute Gasteiger partial charge is 0.362 e. The molecule has 1 aromatic heterocycles. The van der Waals surface area contributed by atoms with Gasteiger partial charge in [-0.3, -0.25) is 9.98 Å². The van der Waals surface area contributed by atoms with E-state index in [1.165, 1.54) is 30.5 Å². The van der Waals surface area contributed by atoms with E-state index in [1.54, 1.807) is 6.08 Å². The highest BCUT2D eigenvalue weighted by Gasteiger charge is 2.36. The Labute approximate surface area is 228 Å². The van der Waals surface area contributed by atoms with E-state index in [2.05, 4.69) is 32.9 Å². The van der Waals surface area contributed by atoms with Crippen LogP contribution in [0.1, 0.15) is 49.4 Å². The monoisotopic (exact) mass is 561 g/mol. The molecule has 0 bridgehead atoms. The van der Waals surface area contributed by atoms with E-state index in [9.17, 15) is 26.3 Å². The van der Waals surface area contributed by atoms with Crippen LogP contribution in [0.15, 0.2) is 82.8 Å². The summed E-state index contributed by atoms with van der Waals surface area (Å²) in [7, 11) is 0. The third-order valence-corrected chi connectivity index (χ3v) is 7.38. The number of anilines is 1. The molecule has 2 aliphatic heterocycles. The number of hydrogen-bond acceptors (Lipinski definition) is 5. The first kappa shape index (κ1) is 27.9. The highest BCUT2D eigenvalue weighted by atomic mass is 19.4. The highest BCUT2D eigenvalue weighted by molar-refractivity contribution is 6.09. The number of benzene rings is 1. The van der Waals surface area contributed by atoms with Gasteiger partial charge in [0.1, 0.15) is 11.9 Å². The Balaban J connectivity index is 1.44. The molecule has 2 aromatic rings. The maximum absolute atomic E-state index is 13.7. The molecule has 1 aromatic carbocycles. The molecule has 40 heavy (non-hydrogen) atoms. The number of aromatic nitrogens is 1. The second-order valence-corrected chi connectivity index (χ2v) is 10.4. The van der Waals surface area contributed by atoms with Crippen LogP contribution in [0, 0.1) is 5.92 Å². The predicted molar refractivity (Wildman–Crippen MR) is 141 cm³/mol. The SMILES string of the molecule is CC1CCC(NCC2=CC(Nc3ccc(C(F)(F)F)cc3)=C3C=CC(c4ncccc4C(F)(F)F)=NC3N2)CC1. The van der Waals surface area contributed by atoms with Gasteiger partial charge in [-0.25, -0.2) is 0 Å². The van der Waals surface area contributed by atoms with E-state index in [-0.39, 0.29) is 11.4 Å². The number of allylic oxidation sites excluding steroid dienone is 2. The number of halogens is 6. The summed E-state index contributed by atoms with van der Waals surface area (Å²) in [5.74, 6) is 0.699. The zero-order valence-electron chi connectivity index (χ0n) is 21.7. The van der Waals surface area contributed by atoms with Gasteiger partial charge in [0.2, 0.25) is 0 Å². The number of aliphatic imine (C=N–C) groups is 1. The molecule has 5 rings (SSSR count). The molecule has 5 nitrogen and oxygen atoms in total. The van der Waals surface area contributed by atoms with Crippen molar-refractivity contribution >= 4 is 11.4 Å². The Morgan fingerprint density at radius 1 is 0.925 bits per heavy atom. The van der Waals surface area contributed by atoms with Gasteiger partial charge in [-0.1, -0.05) is 13.0 Å². The molecule has 0 amide bonds. The van der Waals surface area contributed by atoms with Gasteiger partial charge in [0.25, 0.3) is 0 Å². The van der Waals surface area contributed by atoms with E-state index in [0.717, 1.165) is 49.6 Å². The maximum Gasteiger partial charge on any atom is 0.418 e. The van der Waals surface area contributed by atoms with Gasteiger partial charge in [0.05, 0.1) is 16.8 Å². The summed E-state index contributed by atoms with van der Waals surface area (Å²) < 4.78 is 80.1. The lowest BCUT2D eigenvalue weighted by molar-refractivity contribution is -0.138. The molecule has 212 valence electrons. The molecule has 3 N–H and O–H groups in total. The van der Waals surface area contributed by atoms with E-state index in [0.29, 0.717) is 35.5 Å². The van der Waals surface area contributed by atoms with E-state index < -0.39 is 29.6 Å². The topological polar surface area (TPSA) is 61.3 Å². The number of fused-ring (bicyclic) bond motifs is 1. The van der Waals surface area contributed by atoms with Crippen molar-refractivity contribution in [3.05, 3.63) is 94.6 Å². The summed E-state index contributed by atoms with van der Waals surface area (Å²) in [6, 6.07) is 7.22. The second-order valence-electron chi connectivity index (χ2n) is 10.4. The van der Waals surface area contributed by atoms with Crippen molar-refractivity contribution in [2.45, 2.75) is 57.2 Å². The standard InChI is InChI=1S/C29H29F6N5/c1-17-4-8-19(9-5-17)37-16-21-15-25(38-20-10-6-18(7-11-20)28(30,31)32)22-12-13-24(40-27(22)39-21)26-23(29(33,34)35)3-2-14-36-26/h2-3,6-7,10-15,17,19,27,37-39H,4-5,8-9,16H2,1H3. The lowest BCUT2D eigenvalue weighted by Crippen LogP contribution is -2.41. The first-order valence-corrected chi connectivity index (χ1v) is 13.1. The molecule has 1 saturated carbocycles. The van der Waals surface area contributed by atoms with Crippen molar-refractivity contribution in [2.24, 2.45) is 10.9 Å². The fourth-order valence-corrected chi connectivity index (χ4v) is 5.14. The number of nitrogens with one attached hydrogen (secondary N) is 3. The van der Waals surface area contributed by atoms with E-state index in [4.69, 9.17) is 0 Å². The Morgan fingerprint density at radius 2 is 1.65 bits per heavy atom. The average Bonchev–Trinajstić information content (AvgIpc) is 2.92. The minimum Gasteiger partial charge on any atom is -0.362 e. The van der Waals surface area contributed by atoms with Crippen LogP contribution in [0.4, 0.5) is 32.0 Å². The summed E-state index contributed by atoms with van der Waals surface area (Å²) >= 11 is 0. The number of pyridine rings is 1. The summed E-state index contributed by atoms with van der Waals surface area (Å²) in [6.07, 6.45) is 0.904. The van der Waals surface area contributed by atoms with Gasteiger partial charge >= 0.3 is 12.4 Å². The van der Waals surface area contributed by atoms with Gasteiger partial charge < -0.3 is 16.0 Å². The minimum absolute atomic E-state index is 0.0820. The van der Waals surface area contributed by atoms with Crippen LogP contribution in [0.25, 0.3) is 0 Å². The van der Waals surface area contributed by atoms with Crippen LogP contribution < -0.4 is 16.0 Å². The van der Waals surface area contributed by atoms with Crippen molar-refractivity contribution in [3.8, 4) is 0 Å². The lowest BCUT2D eigenvalue weighted by Gasteiger charge is -2.32. The summed E-state index contributed by atoms with van der Waals surface area (Å²) in [4.78, 5) is 8.55. The third kappa shape index (κ3) is 6.41. The molecular weight excluding hydrogens is 532 g/mol. The minimum atomic E-state index is -4.60. The number of dihydropyridines is 2. The number of hydrogen-bond donors (Lipinski definition) is 3. The molecule has 1 fully saturated rings. The van der Waals surface area contributed by atoms with Crippen molar-refractivity contribution < 1.29 is 26.3 Å². The molecule has 11 heteroatoms. The van der Waals surface area contributed by atoms with Gasteiger partial charge in [0.15, 0.2) is 0 Å². The number of nitrogens with zero attached hydrogens (tertiary/aromatic N) is 2. The van der Waals surface area contributed by atoms with Crippen LogP contribution in [0.2, 0.25) is 0 Å². The van der Waals surface area contributed by atoms with Gasteiger partial charge in [-0.15, -0.1) is 0 Å². The average molecular weight is 562 g/mol. The van der Waals surface area contributed by atoms with E-state index >= 15 is 0 Å². The Morgan fingerprint density at radius 3 is 2.33 bits per heavy atom. The van der Waals surface area contributed by atoms with Gasteiger partial charge in [-0.2, -0.15) is 26.3 Å². The molecule has 1 atom stereocenters. The van der Waals surface area contributed by atoms with Crippen LogP contribution in [0.5, 0.6) is 0 Å². The Hall–Kier alpha value is -3.60. The van der Waals surface area contributed by atoms with Gasteiger partial charge in [0, 0.05) is 41.4 Å². The van der Waals surface area contributed by atoms with Gasteiger partial charge in [-0.05, 0) is 80.2 Å². The fourth-order valence-electron chi connectivity index (χ4n) is 5.14. The predicted octanol–water partition coefficient (Wildman–Crippen LogP) is 6.83. The van der Waals surface area contributed by atoms with Crippen molar-refractivity contribution in [2.75, 3.05) is 11.9 Å². The fraction of sp³-hybridized carbons (Fsp3) is 0.379. The second kappa shape index (κ2) is 11.1. The molecular formula is C29H29F6N5. The highest BCUT2D eigenvalue weighted by Crippen LogP contribution is 2.34. The van der Waals surface area contributed by atoms with Crippen LogP contribution in [-0.4, -0.2) is 29.4 Å². The van der Waals surface area contributed by atoms with E-state index in [1.807, 2.05) is 6.08 Å². The number of rotatable bonds is 6. The summed E-state index contributed by atoms with van der Waals surface area (Å²) in [6.45, 7) is 2.72. The largest absolute Gasteiger partial charge is 0.418 e. The molecule has 1 unspecified atom stereocenters. The zero-order chi connectivity index (χ0) is 28.5. The maximum atomic E-state index is 13.7. The van der Waals surface area contributed by atoms with Crippen LogP contribution >= 0.6 is 0 Å². The number of alkyl halides is 6. The van der Waals surface area contributed by atoms with Crippen molar-refractivity contribution in [3.63, 3.8) is 0 Å². The third-order valence-electron chi connectivity index (χ3n) is 7.38. The zero-order valence-corrected chi connectivity index (χ0v) is 21.7. The first-order chi connectivity index (χ1) is 19.0.